The maximum Gasteiger partial charge on any atom is 0.267 e. The van der Waals surface area contributed by atoms with E-state index in [0.29, 0.717) is 0 Å². The van der Waals surface area contributed by atoms with Crippen LogP contribution in [0, 0.1) is 0 Å². The monoisotopic (exact) mass is 640 g/mol. The van der Waals surface area contributed by atoms with E-state index in [1.54, 1.807) is 0 Å². The van der Waals surface area contributed by atoms with E-state index in [2.05, 4.69) is 21.2 Å². The zero-order valence-electron chi connectivity index (χ0n) is 20.6. The number of aliphatic hydroxyl groups is 11. The highest BCUT2D eigenvalue weighted by atomic mass is 79.9. The Kier molecular flexibility index (Phi) is 12.8. The first-order valence-electron chi connectivity index (χ1n) is 11.8. The van der Waals surface area contributed by atoms with Gasteiger partial charge in [0.15, 0.2) is 12.6 Å². The van der Waals surface area contributed by atoms with Gasteiger partial charge in [-0.15, -0.1) is 0 Å². The Morgan fingerprint density at radius 2 is 1.41 bits per heavy atom. The summed E-state index contributed by atoms with van der Waals surface area (Å²) in [5.74, 6) is -1.22. The third-order valence-electron chi connectivity index (χ3n) is 6.16. The Morgan fingerprint density at radius 1 is 0.923 bits per heavy atom. The summed E-state index contributed by atoms with van der Waals surface area (Å²) in [7, 11) is 0. The molecule has 0 radical (unpaired) electrons. The van der Waals surface area contributed by atoms with Crippen molar-refractivity contribution in [2.24, 2.45) is 5.73 Å². The minimum Gasteiger partial charge on any atom is -0.394 e. The number of halogens is 1. The molecule has 0 bridgehead atoms. The van der Waals surface area contributed by atoms with Gasteiger partial charge in [-0.2, -0.15) is 0 Å². The van der Waals surface area contributed by atoms with Crippen molar-refractivity contribution in [1.82, 2.24) is 5.32 Å². The maximum absolute atomic E-state index is 12.0. The first kappa shape index (κ1) is 34.5. The highest BCUT2D eigenvalue weighted by Crippen LogP contribution is 2.27. The van der Waals surface area contributed by atoms with Gasteiger partial charge in [0.25, 0.3) is 5.91 Å². The summed E-state index contributed by atoms with van der Waals surface area (Å²) in [4.78, 5) is 12.0. The molecule has 1 unspecified atom stereocenters. The Labute approximate surface area is 230 Å². The average molecular weight is 641 g/mol. The van der Waals surface area contributed by atoms with Crippen LogP contribution in [0.5, 0.6) is 0 Å². The Morgan fingerprint density at radius 3 is 1.92 bits per heavy atom. The summed E-state index contributed by atoms with van der Waals surface area (Å²) in [5, 5.41) is 112. The zero-order chi connectivity index (χ0) is 29.8. The van der Waals surface area contributed by atoms with E-state index in [4.69, 9.17) is 24.7 Å². The highest BCUT2D eigenvalue weighted by Gasteiger charge is 2.49. The zero-order valence-corrected chi connectivity index (χ0v) is 22.2. The highest BCUT2D eigenvalue weighted by molar-refractivity contribution is 9.10. The number of hydrogen-bond donors (Lipinski definition) is 13. The topological polar surface area (TPSA) is 315 Å². The van der Waals surface area contributed by atoms with Crippen LogP contribution in [-0.2, 0) is 23.7 Å². The number of ether oxygens (including phenoxy) is 4. The number of carbonyl (C=O) groups is 1. The maximum atomic E-state index is 12.0. The van der Waals surface area contributed by atoms with Crippen LogP contribution in [0.3, 0.4) is 0 Å². The second-order valence-electron chi connectivity index (χ2n) is 9.32. The lowest BCUT2D eigenvalue weighted by atomic mass is 9.98. The van der Waals surface area contributed by atoms with Crippen molar-refractivity contribution in [3.8, 4) is 0 Å². The number of alkyl halides is 1. The fraction of sp³-hybridized carbons (Fsp3) is 0.950. The van der Waals surface area contributed by atoms with Gasteiger partial charge < -0.3 is 86.2 Å². The largest absolute Gasteiger partial charge is 0.394 e. The number of nitrogens with two attached hydrogens (primary N) is 1. The fourth-order valence-electron chi connectivity index (χ4n) is 3.76. The Balaban J connectivity index is 1.98. The molecule has 0 aromatic heterocycles. The van der Waals surface area contributed by atoms with E-state index < -0.39 is 116 Å². The second kappa shape index (κ2) is 14.5. The standard InChI is InChI=1S/C20H37BrN2O16/c1-5(22)23-19(34)20(21,35)16(33)9(26)6(25)3-36-17-15(32)13(30)11(28)8(39-17)4-37-18-14(31)12(29)10(27)7(2-24)38-18/h5-18,24-33,35H,2-4,22H2,1H3,(H,23,34)/t5?,6-,7-,8-,9-,10-,11-,12+,13+,14-,15-,16+,17+,18+,20+/m1/s1. The smallest absolute Gasteiger partial charge is 0.267 e. The minimum atomic E-state index is -2.77. The molecule has 2 rings (SSSR count). The molecule has 19 heteroatoms. The lowest BCUT2D eigenvalue weighted by Gasteiger charge is -2.42. The fourth-order valence-corrected chi connectivity index (χ4v) is 4.14. The van der Waals surface area contributed by atoms with Gasteiger partial charge in [0, 0.05) is 0 Å². The van der Waals surface area contributed by atoms with E-state index in [0.717, 1.165) is 0 Å². The van der Waals surface area contributed by atoms with Crippen molar-refractivity contribution in [3.63, 3.8) is 0 Å². The predicted octanol–water partition coefficient (Wildman–Crippen LogP) is -7.79. The van der Waals surface area contributed by atoms with Crippen molar-refractivity contribution >= 4 is 21.8 Å². The molecule has 0 aliphatic carbocycles. The first-order valence-corrected chi connectivity index (χ1v) is 12.6. The SMILES string of the molecule is CC(N)NC(=O)[C@](O)(Br)[C@@H](O)[C@H](O)[C@H](O)CO[C@H]1O[C@H](CO[C@H]2O[C@H](CO)[C@@H](O)[C@H](O)[C@H]2O)[C@@H](O)[C@H](O)[C@H]1O. The van der Waals surface area contributed by atoms with Crippen molar-refractivity contribution in [2.45, 2.75) is 97.3 Å². The molecule has 2 aliphatic heterocycles. The van der Waals surface area contributed by atoms with Crippen LogP contribution in [0.1, 0.15) is 6.92 Å². The van der Waals surface area contributed by atoms with Gasteiger partial charge in [-0.25, -0.2) is 0 Å². The number of hydrogen-bond acceptors (Lipinski definition) is 17. The molecule has 15 atom stereocenters. The van der Waals surface area contributed by atoms with E-state index in [1.165, 1.54) is 6.92 Å². The van der Waals surface area contributed by atoms with Gasteiger partial charge in [0.05, 0.1) is 26.0 Å². The molecule has 0 aromatic carbocycles. The van der Waals surface area contributed by atoms with Gasteiger partial charge in [-0.1, -0.05) is 0 Å². The van der Waals surface area contributed by atoms with Gasteiger partial charge in [-0.3, -0.25) is 4.79 Å². The van der Waals surface area contributed by atoms with Crippen molar-refractivity contribution in [1.29, 1.82) is 0 Å². The van der Waals surface area contributed by atoms with E-state index in [9.17, 15) is 61.0 Å². The molecular formula is C20H37BrN2O16. The van der Waals surface area contributed by atoms with Crippen LogP contribution < -0.4 is 11.1 Å². The molecule has 1 amide bonds. The van der Waals surface area contributed by atoms with E-state index in [1.807, 2.05) is 0 Å². The first-order chi connectivity index (χ1) is 18.0. The molecule has 0 spiro atoms. The summed E-state index contributed by atoms with van der Waals surface area (Å²) in [6.45, 7) is -0.889. The molecule has 2 aliphatic rings. The molecule has 39 heavy (non-hydrogen) atoms. The van der Waals surface area contributed by atoms with E-state index in [-0.39, 0.29) is 0 Å². The van der Waals surface area contributed by atoms with Crippen LogP contribution >= 0.6 is 15.9 Å². The average Bonchev–Trinajstić information content (AvgIpc) is 2.88. The van der Waals surface area contributed by atoms with Crippen molar-refractivity contribution in [3.05, 3.63) is 0 Å². The van der Waals surface area contributed by atoms with Gasteiger partial charge in [0.2, 0.25) is 4.51 Å². The molecule has 18 nitrogen and oxygen atoms in total. The number of amides is 1. The molecule has 2 heterocycles. The van der Waals surface area contributed by atoms with Crippen molar-refractivity contribution in [2.75, 3.05) is 19.8 Å². The van der Waals surface area contributed by atoms with Crippen LogP contribution in [0.25, 0.3) is 0 Å². The lowest BCUT2D eigenvalue weighted by molar-refractivity contribution is -0.333. The molecule has 14 N–H and O–H groups in total. The van der Waals surface area contributed by atoms with Gasteiger partial charge in [0.1, 0.15) is 67.1 Å². The predicted molar refractivity (Wildman–Crippen MR) is 126 cm³/mol. The minimum absolute atomic E-state index is 0.636. The van der Waals surface area contributed by atoms with Crippen LogP contribution in [0.15, 0.2) is 0 Å². The molecule has 2 fully saturated rings. The molecular weight excluding hydrogens is 604 g/mol. The number of rotatable bonds is 12. The van der Waals surface area contributed by atoms with Crippen LogP contribution in [0.4, 0.5) is 0 Å². The second-order valence-corrected chi connectivity index (χ2v) is 10.5. The molecule has 0 saturated carbocycles. The summed E-state index contributed by atoms with van der Waals surface area (Å²) >= 11 is 2.55. The molecule has 230 valence electrons. The van der Waals surface area contributed by atoms with E-state index >= 15 is 0 Å². The van der Waals surface area contributed by atoms with Crippen LogP contribution in [-0.4, -0.2) is 172 Å². The summed E-state index contributed by atoms with van der Waals surface area (Å²) in [6, 6.07) is 0. The molecule has 2 saturated heterocycles. The Bertz CT molecular complexity index is 780. The number of carbonyl (C=O) groups excluding carboxylic acids is 1. The van der Waals surface area contributed by atoms with Gasteiger partial charge in [-0.05, 0) is 22.9 Å². The normalized spacial score (nSPS) is 40.3. The third-order valence-corrected chi connectivity index (χ3v) is 6.99. The quantitative estimate of drug-likeness (QED) is 0.0695. The summed E-state index contributed by atoms with van der Waals surface area (Å²) in [6.07, 6.45) is -24.2. The Hall–Kier alpha value is -0.690. The molecule has 0 aromatic rings. The number of nitrogens with one attached hydrogen (secondary N) is 1. The van der Waals surface area contributed by atoms with Crippen molar-refractivity contribution < 1.29 is 79.9 Å². The number of aliphatic hydroxyl groups excluding tert-OH is 10. The summed E-state index contributed by atoms with van der Waals surface area (Å²) in [5.41, 5.74) is 5.38. The van der Waals surface area contributed by atoms with Crippen LogP contribution in [0.2, 0.25) is 0 Å². The third kappa shape index (κ3) is 8.20. The summed E-state index contributed by atoms with van der Waals surface area (Å²) < 4.78 is 18.2. The lowest BCUT2D eigenvalue weighted by Crippen LogP contribution is -2.62. The van der Waals surface area contributed by atoms with Gasteiger partial charge >= 0.3 is 0 Å².